The predicted molar refractivity (Wildman–Crippen MR) is 87.6 cm³/mol. The van der Waals surface area contributed by atoms with Gasteiger partial charge in [0, 0.05) is 19.0 Å². The van der Waals surface area contributed by atoms with E-state index in [1.54, 1.807) is 6.92 Å². The third kappa shape index (κ3) is 2.89. The van der Waals surface area contributed by atoms with Gasteiger partial charge in [0.15, 0.2) is 4.77 Å². The Bertz CT molecular complexity index is 772. The summed E-state index contributed by atoms with van der Waals surface area (Å²) in [6.07, 6.45) is 2.32. The lowest BCUT2D eigenvalue weighted by molar-refractivity contribution is 0.0950. The molecule has 3 rings (SSSR count). The summed E-state index contributed by atoms with van der Waals surface area (Å²) in [5.41, 5.74) is 0.552. The van der Waals surface area contributed by atoms with Gasteiger partial charge in [0.05, 0.1) is 10.0 Å². The van der Waals surface area contributed by atoms with Crippen molar-refractivity contribution in [3.63, 3.8) is 0 Å². The molecular formula is C14H17BrN4O2S. The van der Waals surface area contributed by atoms with E-state index in [-0.39, 0.29) is 5.91 Å². The summed E-state index contributed by atoms with van der Waals surface area (Å²) in [5.74, 6) is 2.67. The van der Waals surface area contributed by atoms with Crippen LogP contribution in [0.2, 0.25) is 0 Å². The summed E-state index contributed by atoms with van der Waals surface area (Å²) in [7, 11) is 0. The molecule has 0 saturated heterocycles. The second kappa shape index (κ2) is 6.00. The van der Waals surface area contributed by atoms with Gasteiger partial charge >= 0.3 is 0 Å². The fourth-order valence-electron chi connectivity index (χ4n) is 2.48. The van der Waals surface area contributed by atoms with Crippen LogP contribution in [0.4, 0.5) is 0 Å². The maximum Gasteiger partial charge on any atom is 0.256 e. The number of aryl methyl sites for hydroxylation is 2. The highest BCUT2D eigenvalue weighted by molar-refractivity contribution is 9.10. The monoisotopic (exact) mass is 384 g/mol. The van der Waals surface area contributed by atoms with Gasteiger partial charge in [0.1, 0.15) is 17.3 Å². The number of nitrogens with zero attached hydrogens (tertiary/aromatic N) is 2. The first kappa shape index (κ1) is 15.5. The highest BCUT2D eigenvalue weighted by Crippen LogP contribution is 2.38. The molecule has 118 valence electrons. The van der Waals surface area contributed by atoms with E-state index in [2.05, 4.69) is 31.4 Å². The second-order valence-electron chi connectivity index (χ2n) is 5.47. The average molecular weight is 385 g/mol. The van der Waals surface area contributed by atoms with E-state index in [0.29, 0.717) is 45.3 Å². The van der Waals surface area contributed by atoms with Crippen molar-refractivity contribution in [2.24, 2.45) is 0 Å². The van der Waals surface area contributed by atoms with Crippen molar-refractivity contribution in [3.05, 3.63) is 32.2 Å². The Hall–Kier alpha value is -1.41. The summed E-state index contributed by atoms with van der Waals surface area (Å²) in [4.78, 5) is 12.3. The Morgan fingerprint density at radius 1 is 1.50 bits per heavy atom. The number of halogens is 1. The molecule has 2 aromatic heterocycles. The summed E-state index contributed by atoms with van der Waals surface area (Å²) in [6.45, 7) is 4.70. The fourth-order valence-corrected chi connectivity index (χ4v) is 3.26. The van der Waals surface area contributed by atoms with Crippen molar-refractivity contribution >= 4 is 34.1 Å². The van der Waals surface area contributed by atoms with E-state index < -0.39 is 0 Å². The predicted octanol–water partition coefficient (Wildman–Crippen LogP) is 3.22. The van der Waals surface area contributed by atoms with Gasteiger partial charge < -0.3 is 14.3 Å². The maximum absolute atomic E-state index is 12.3. The number of aromatic amines is 1. The number of hydrogen-bond donors (Lipinski definition) is 2. The Kier molecular flexibility index (Phi) is 4.22. The largest absolute Gasteiger partial charge is 0.465 e. The van der Waals surface area contributed by atoms with Crippen molar-refractivity contribution in [2.75, 3.05) is 6.54 Å². The molecule has 0 spiro atoms. The molecular weight excluding hydrogens is 368 g/mol. The molecule has 2 aromatic rings. The van der Waals surface area contributed by atoms with Crippen LogP contribution in [-0.4, -0.2) is 27.2 Å². The first-order valence-electron chi connectivity index (χ1n) is 7.17. The van der Waals surface area contributed by atoms with Gasteiger partial charge in [-0.25, -0.2) is 0 Å². The lowest BCUT2D eigenvalue weighted by atomic mass is 10.2. The van der Waals surface area contributed by atoms with E-state index in [9.17, 15) is 4.79 Å². The molecule has 1 amide bonds. The number of aromatic nitrogens is 3. The number of amides is 1. The topological polar surface area (TPSA) is 75.8 Å². The molecule has 6 nitrogen and oxygen atoms in total. The second-order valence-corrected chi connectivity index (χ2v) is 6.65. The molecule has 2 heterocycles. The molecule has 22 heavy (non-hydrogen) atoms. The molecule has 0 aromatic carbocycles. The highest BCUT2D eigenvalue weighted by Gasteiger charge is 2.29. The van der Waals surface area contributed by atoms with Crippen LogP contribution in [0.1, 0.15) is 46.5 Å². The molecule has 1 saturated carbocycles. The Morgan fingerprint density at radius 2 is 2.23 bits per heavy atom. The smallest absolute Gasteiger partial charge is 0.256 e. The Morgan fingerprint density at radius 3 is 2.82 bits per heavy atom. The van der Waals surface area contributed by atoms with E-state index in [1.165, 1.54) is 0 Å². The summed E-state index contributed by atoms with van der Waals surface area (Å²) in [5, 5.41) is 10.0. The lowest BCUT2D eigenvalue weighted by Crippen LogP contribution is -2.28. The van der Waals surface area contributed by atoms with Crippen LogP contribution >= 0.6 is 28.1 Å². The minimum Gasteiger partial charge on any atom is -0.465 e. The molecule has 0 radical (unpaired) electrons. The van der Waals surface area contributed by atoms with E-state index >= 15 is 0 Å². The first-order valence-corrected chi connectivity index (χ1v) is 8.38. The first-order chi connectivity index (χ1) is 10.5. The van der Waals surface area contributed by atoms with E-state index in [1.807, 2.05) is 11.5 Å². The van der Waals surface area contributed by atoms with Gasteiger partial charge in [0.25, 0.3) is 5.91 Å². The third-order valence-corrected chi connectivity index (χ3v) is 5.03. The van der Waals surface area contributed by atoms with Gasteiger partial charge in [-0.2, -0.15) is 5.10 Å². The molecule has 1 aliphatic carbocycles. The van der Waals surface area contributed by atoms with Crippen LogP contribution in [0.25, 0.3) is 0 Å². The summed E-state index contributed by atoms with van der Waals surface area (Å²) in [6, 6.07) is 0. The molecule has 0 unspecified atom stereocenters. The van der Waals surface area contributed by atoms with E-state index in [4.69, 9.17) is 16.6 Å². The Labute approximate surface area is 141 Å². The van der Waals surface area contributed by atoms with Crippen molar-refractivity contribution in [1.82, 2.24) is 20.1 Å². The average Bonchev–Trinajstić information content (AvgIpc) is 3.19. The molecule has 2 N–H and O–H groups in total. The highest BCUT2D eigenvalue weighted by atomic mass is 79.9. The van der Waals surface area contributed by atoms with Crippen LogP contribution in [0, 0.1) is 18.6 Å². The number of carbonyl (C=O) groups excluding carboxylic acids is 1. The van der Waals surface area contributed by atoms with Crippen molar-refractivity contribution in [1.29, 1.82) is 0 Å². The number of H-pyrrole nitrogens is 1. The number of rotatable bonds is 5. The zero-order chi connectivity index (χ0) is 15.9. The number of carbonyl (C=O) groups is 1. The maximum atomic E-state index is 12.3. The quantitative estimate of drug-likeness (QED) is 0.775. The van der Waals surface area contributed by atoms with Crippen LogP contribution in [-0.2, 0) is 6.54 Å². The normalized spacial score (nSPS) is 14.3. The van der Waals surface area contributed by atoms with Crippen molar-refractivity contribution in [2.45, 2.75) is 39.2 Å². The molecule has 8 heteroatoms. The number of hydrogen-bond acceptors (Lipinski definition) is 4. The van der Waals surface area contributed by atoms with Gasteiger partial charge in [-0.05, 0) is 54.8 Å². The lowest BCUT2D eigenvalue weighted by Gasteiger charge is -2.08. The Balaban J connectivity index is 1.65. The van der Waals surface area contributed by atoms with Crippen LogP contribution < -0.4 is 5.32 Å². The SMILES string of the molecule is Cc1oc(C)c(C(=O)NCCn2c(C3CC3)n[nH]c2=S)c1Br. The van der Waals surface area contributed by atoms with Crippen LogP contribution in [0.5, 0.6) is 0 Å². The van der Waals surface area contributed by atoms with Crippen LogP contribution in [0.15, 0.2) is 8.89 Å². The number of nitrogens with one attached hydrogen (secondary N) is 2. The minimum atomic E-state index is -0.149. The zero-order valence-electron chi connectivity index (χ0n) is 12.4. The van der Waals surface area contributed by atoms with Crippen molar-refractivity contribution in [3.8, 4) is 0 Å². The summed E-state index contributed by atoms with van der Waals surface area (Å²) < 4.78 is 8.73. The molecule has 0 atom stereocenters. The molecule has 0 bridgehead atoms. The summed E-state index contributed by atoms with van der Waals surface area (Å²) >= 11 is 8.64. The fraction of sp³-hybridized carbons (Fsp3) is 0.500. The van der Waals surface area contributed by atoms with E-state index in [0.717, 1.165) is 18.7 Å². The van der Waals surface area contributed by atoms with Gasteiger partial charge in [-0.1, -0.05) is 0 Å². The van der Waals surface area contributed by atoms with Crippen LogP contribution in [0.3, 0.4) is 0 Å². The van der Waals surface area contributed by atoms with Gasteiger partial charge in [0.2, 0.25) is 0 Å². The molecule has 1 aliphatic rings. The standard InChI is InChI=1S/C14H17BrN4O2S/c1-7-10(11(15)8(2)21-7)13(20)16-5-6-19-12(9-3-4-9)17-18-14(19)22/h9H,3-6H2,1-2H3,(H,16,20)(H,18,22). The zero-order valence-corrected chi connectivity index (χ0v) is 14.8. The van der Waals surface area contributed by atoms with Gasteiger partial charge in [-0.15, -0.1) is 0 Å². The molecule has 1 fully saturated rings. The third-order valence-electron chi connectivity index (χ3n) is 3.77. The van der Waals surface area contributed by atoms with Gasteiger partial charge in [-0.3, -0.25) is 9.89 Å². The molecule has 0 aliphatic heterocycles. The minimum absolute atomic E-state index is 0.149. The van der Waals surface area contributed by atoms with Crippen molar-refractivity contribution < 1.29 is 9.21 Å². The number of furan rings is 1.